The fraction of sp³-hybridized carbons (Fsp3) is 0.214. The van der Waals surface area contributed by atoms with Crippen molar-refractivity contribution >= 4 is 23.9 Å². The van der Waals surface area contributed by atoms with Crippen LogP contribution >= 0.6 is 0 Å². The summed E-state index contributed by atoms with van der Waals surface area (Å²) in [7, 11) is 1.23. The SMILES string of the molecule is COC(=O)CNC(=O)CNC(=O)/C=C/c1ccccc1. The molecule has 0 atom stereocenters. The summed E-state index contributed by atoms with van der Waals surface area (Å²) in [4.78, 5) is 33.5. The average Bonchev–Trinajstić information content (AvgIpc) is 2.49. The van der Waals surface area contributed by atoms with Gasteiger partial charge < -0.3 is 15.4 Å². The van der Waals surface area contributed by atoms with Crippen LogP contribution in [0, 0.1) is 0 Å². The van der Waals surface area contributed by atoms with Crippen molar-refractivity contribution in [2.24, 2.45) is 0 Å². The third-order valence-corrected chi connectivity index (χ3v) is 2.31. The molecule has 0 aliphatic carbocycles. The van der Waals surface area contributed by atoms with Gasteiger partial charge in [0.05, 0.1) is 13.7 Å². The normalized spacial score (nSPS) is 10.1. The van der Waals surface area contributed by atoms with E-state index < -0.39 is 11.9 Å². The highest BCUT2D eigenvalue weighted by Gasteiger charge is 2.05. The van der Waals surface area contributed by atoms with E-state index in [1.165, 1.54) is 13.2 Å². The van der Waals surface area contributed by atoms with Gasteiger partial charge in [-0.3, -0.25) is 14.4 Å². The minimum absolute atomic E-state index is 0.199. The van der Waals surface area contributed by atoms with Gasteiger partial charge in [-0.1, -0.05) is 30.3 Å². The minimum Gasteiger partial charge on any atom is -0.468 e. The van der Waals surface area contributed by atoms with Gasteiger partial charge in [-0.05, 0) is 11.6 Å². The number of rotatable bonds is 6. The Kier molecular flexibility index (Phi) is 6.53. The zero-order chi connectivity index (χ0) is 14.8. The van der Waals surface area contributed by atoms with Gasteiger partial charge in [0.2, 0.25) is 11.8 Å². The summed E-state index contributed by atoms with van der Waals surface area (Å²) in [5, 5.41) is 4.71. The fourth-order valence-electron chi connectivity index (χ4n) is 1.27. The van der Waals surface area contributed by atoms with Crippen LogP contribution in [-0.4, -0.2) is 38.0 Å². The van der Waals surface area contributed by atoms with Crippen LogP contribution in [0.3, 0.4) is 0 Å². The van der Waals surface area contributed by atoms with Crippen LogP contribution < -0.4 is 10.6 Å². The zero-order valence-electron chi connectivity index (χ0n) is 11.1. The van der Waals surface area contributed by atoms with E-state index in [2.05, 4.69) is 15.4 Å². The smallest absolute Gasteiger partial charge is 0.325 e. The first-order chi connectivity index (χ1) is 9.61. The van der Waals surface area contributed by atoms with Crippen LogP contribution in [0.5, 0.6) is 0 Å². The van der Waals surface area contributed by atoms with Gasteiger partial charge >= 0.3 is 5.97 Å². The molecule has 0 heterocycles. The Balaban J connectivity index is 2.28. The number of hydrogen-bond acceptors (Lipinski definition) is 4. The zero-order valence-corrected chi connectivity index (χ0v) is 11.1. The molecule has 0 saturated heterocycles. The molecule has 0 aromatic heterocycles. The summed E-state index contributed by atoms with van der Waals surface area (Å²) in [6.45, 7) is -0.417. The Morgan fingerprint density at radius 2 is 1.80 bits per heavy atom. The molecule has 6 nitrogen and oxygen atoms in total. The van der Waals surface area contributed by atoms with Crippen molar-refractivity contribution < 1.29 is 19.1 Å². The molecule has 0 spiro atoms. The Morgan fingerprint density at radius 3 is 2.45 bits per heavy atom. The Morgan fingerprint density at radius 1 is 1.10 bits per heavy atom. The van der Waals surface area contributed by atoms with Crippen molar-refractivity contribution in [2.45, 2.75) is 0 Å². The molecule has 0 unspecified atom stereocenters. The lowest BCUT2D eigenvalue weighted by molar-refractivity contribution is -0.141. The van der Waals surface area contributed by atoms with Gasteiger partial charge in [0.25, 0.3) is 0 Å². The number of benzene rings is 1. The van der Waals surface area contributed by atoms with Crippen LogP contribution in [0.2, 0.25) is 0 Å². The molecule has 0 saturated carbocycles. The first-order valence-electron chi connectivity index (χ1n) is 5.96. The van der Waals surface area contributed by atoms with E-state index in [4.69, 9.17) is 0 Å². The highest BCUT2D eigenvalue weighted by molar-refractivity contribution is 5.94. The molecule has 1 aromatic carbocycles. The summed E-state index contributed by atoms with van der Waals surface area (Å²) in [6, 6.07) is 9.30. The first kappa shape index (κ1) is 15.4. The van der Waals surface area contributed by atoms with E-state index in [0.29, 0.717) is 0 Å². The van der Waals surface area contributed by atoms with Gasteiger partial charge in [-0.2, -0.15) is 0 Å². The molecule has 1 rings (SSSR count). The number of ether oxygens (including phenoxy) is 1. The highest BCUT2D eigenvalue weighted by Crippen LogP contribution is 2.00. The molecule has 6 heteroatoms. The van der Waals surface area contributed by atoms with Gasteiger partial charge in [0.15, 0.2) is 0 Å². The fourth-order valence-corrected chi connectivity index (χ4v) is 1.27. The second kappa shape index (κ2) is 8.47. The molecular weight excluding hydrogens is 260 g/mol. The van der Waals surface area contributed by atoms with E-state index in [-0.39, 0.29) is 19.0 Å². The molecular formula is C14H16N2O4. The van der Waals surface area contributed by atoms with Crippen molar-refractivity contribution in [1.82, 2.24) is 10.6 Å². The van der Waals surface area contributed by atoms with E-state index in [1.807, 2.05) is 30.3 Å². The molecule has 0 fully saturated rings. The maximum Gasteiger partial charge on any atom is 0.325 e. The second-order valence-electron chi connectivity index (χ2n) is 3.81. The van der Waals surface area contributed by atoms with Crippen LogP contribution in [0.25, 0.3) is 6.08 Å². The monoisotopic (exact) mass is 276 g/mol. The summed E-state index contributed by atoms with van der Waals surface area (Å²) >= 11 is 0. The van der Waals surface area contributed by atoms with Crippen molar-refractivity contribution in [1.29, 1.82) is 0 Å². The van der Waals surface area contributed by atoms with Gasteiger partial charge in [0.1, 0.15) is 6.54 Å². The molecule has 2 N–H and O–H groups in total. The molecule has 0 radical (unpaired) electrons. The van der Waals surface area contributed by atoms with Gasteiger partial charge in [-0.25, -0.2) is 0 Å². The van der Waals surface area contributed by atoms with E-state index in [0.717, 1.165) is 5.56 Å². The van der Waals surface area contributed by atoms with Crippen LogP contribution in [0.4, 0.5) is 0 Å². The molecule has 106 valence electrons. The van der Waals surface area contributed by atoms with Crippen molar-refractivity contribution in [3.05, 3.63) is 42.0 Å². The third kappa shape index (κ3) is 6.34. The van der Waals surface area contributed by atoms with Crippen LogP contribution in [-0.2, 0) is 19.1 Å². The van der Waals surface area contributed by atoms with Crippen LogP contribution in [0.1, 0.15) is 5.56 Å². The predicted molar refractivity (Wildman–Crippen MR) is 73.5 cm³/mol. The largest absolute Gasteiger partial charge is 0.468 e. The number of hydrogen-bond donors (Lipinski definition) is 2. The predicted octanol–water partition coefficient (Wildman–Crippen LogP) is 0.105. The van der Waals surface area contributed by atoms with Gasteiger partial charge in [0, 0.05) is 6.08 Å². The average molecular weight is 276 g/mol. The third-order valence-electron chi connectivity index (χ3n) is 2.31. The summed E-state index contributed by atoms with van der Waals surface area (Å²) in [5.41, 5.74) is 0.887. The number of nitrogens with one attached hydrogen (secondary N) is 2. The lowest BCUT2D eigenvalue weighted by Crippen LogP contribution is -2.38. The number of amides is 2. The number of carbonyl (C=O) groups is 3. The lowest BCUT2D eigenvalue weighted by Gasteiger charge is -2.04. The Labute approximate surface area is 116 Å². The number of esters is 1. The first-order valence-corrected chi connectivity index (χ1v) is 5.96. The van der Waals surface area contributed by atoms with E-state index in [1.54, 1.807) is 6.08 Å². The second-order valence-corrected chi connectivity index (χ2v) is 3.81. The van der Waals surface area contributed by atoms with Crippen LogP contribution in [0.15, 0.2) is 36.4 Å². The molecule has 0 aliphatic heterocycles. The topological polar surface area (TPSA) is 84.5 Å². The van der Waals surface area contributed by atoms with Crippen molar-refractivity contribution in [3.8, 4) is 0 Å². The molecule has 0 aliphatic rings. The summed E-state index contributed by atoms with van der Waals surface area (Å²) in [5.74, 6) is -1.40. The lowest BCUT2D eigenvalue weighted by atomic mass is 10.2. The standard InChI is InChI=1S/C14H16N2O4/c1-20-14(19)10-16-13(18)9-15-12(17)8-7-11-5-3-2-4-6-11/h2-8H,9-10H2,1H3,(H,15,17)(H,16,18)/b8-7+. The number of carbonyl (C=O) groups excluding carboxylic acids is 3. The summed E-state index contributed by atoms with van der Waals surface area (Å²) < 4.78 is 4.36. The van der Waals surface area contributed by atoms with Gasteiger partial charge in [-0.15, -0.1) is 0 Å². The molecule has 20 heavy (non-hydrogen) atoms. The quantitative estimate of drug-likeness (QED) is 0.570. The molecule has 2 amide bonds. The van der Waals surface area contributed by atoms with E-state index >= 15 is 0 Å². The maximum atomic E-state index is 11.4. The molecule has 0 bridgehead atoms. The number of methoxy groups -OCH3 is 1. The van der Waals surface area contributed by atoms with E-state index in [9.17, 15) is 14.4 Å². The minimum atomic E-state index is -0.548. The summed E-state index contributed by atoms with van der Waals surface area (Å²) in [6.07, 6.45) is 2.98. The Hall–Kier alpha value is -2.63. The Bertz CT molecular complexity index is 497. The van der Waals surface area contributed by atoms with Crippen molar-refractivity contribution in [2.75, 3.05) is 20.2 Å². The van der Waals surface area contributed by atoms with Crippen molar-refractivity contribution in [3.63, 3.8) is 0 Å². The molecule has 1 aromatic rings. The maximum absolute atomic E-state index is 11.4. The highest BCUT2D eigenvalue weighted by atomic mass is 16.5.